The van der Waals surface area contributed by atoms with Crippen LogP contribution in [0, 0.1) is 24.1 Å². The van der Waals surface area contributed by atoms with Gasteiger partial charge in [0.25, 0.3) is 5.91 Å². The van der Waals surface area contributed by atoms with Crippen molar-refractivity contribution in [3.05, 3.63) is 77.5 Å². The van der Waals surface area contributed by atoms with Crippen LogP contribution in [0.3, 0.4) is 0 Å². The summed E-state index contributed by atoms with van der Waals surface area (Å²) in [7, 11) is 2.80. The number of fused-ring (bicyclic) bond motifs is 1. The monoisotopic (exact) mass is 458 g/mol. The zero-order valence-corrected chi connectivity index (χ0v) is 18.5. The molecular formula is C24H19FN6O3. The number of nitrogens with zero attached hydrogens (tertiary/aromatic N) is 5. The summed E-state index contributed by atoms with van der Waals surface area (Å²) in [6, 6.07) is 10.9. The number of methoxy groups -OCH3 is 1. The molecule has 0 aliphatic rings. The molecule has 170 valence electrons. The Morgan fingerprint density at radius 3 is 2.62 bits per heavy atom. The molecule has 0 bridgehead atoms. The van der Waals surface area contributed by atoms with Gasteiger partial charge in [-0.1, -0.05) is 0 Å². The van der Waals surface area contributed by atoms with Gasteiger partial charge in [0.1, 0.15) is 23.4 Å². The highest BCUT2D eigenvalue weighted by atomic mass is 19.1. The van der Waals surface area contributed by atoms with Crippen LogP contribution in [-0.4, -0.2) is 40.5 Å². The van der Waals surface area contributed by atoms with Gasteiger partial charge in [0.05, 0.1) is 30.1 Å². The molecular weight excluding hydrogens is 439 g/mol. The average Bonchev–Trinajstić information content (AvgIpc) is 3.28. The Hall–Kier alpha value is -4.78. The van der Waals surface area contributed by atoms with E-state index in [2.05, 4.69) is 20.0 Å². The van der Waals surface area contributed by atoms with Gasteiger partial charge in [0.2, 0.25) is 0 Å². The largest absolute Gasteiger partial charge is 0.453 e. The molecule has 10 heteroatoms. The van der Waals surface area contributed by atoms with Crippen molar-refractivity contribution in [3.8, 4) is 17.3 Å². The van der Waals surface area contributed by atoms with Crippen LogP contribution in [-0.2, 0) is 4.74 Å². The van der Waals surface area contributed by atoms with E-state index in [4.69, 9.17) is 5.26 Å². The standard InChI is InChI=1S/C24H19FN6O3/c1-14-8-17(23(32)30(2)18-6-4-15(10-26)19(25)9-18)13-31-20(12-28-22(14)31)16-5-7-21(27-11-16)29-24(33)34-3/h4-9,11-13H,1-3H3,(H,27,29,33). The molecule has 0 saturated carbocycles. The average molecular weight is 458 g/mol. The number of amides is 2. The topological polar surface area (TPSA) is 113 Å². The summed E-state index contributed by atoms with van der Waals surface area (Å²) in [6.45, 7) is 1.84. The van der Waals surface area contributed by atoms with Crippen LogP contribution in [0.15, 0.2) is 55.0 Å². The van der Waals surface area contributed by atoms with Crippen molar-refractivity contribution in [1.29, 1.82) is 5.26 Å². The number of rotatable bonds is 4. The summed E-state index contributed by atoms with van der Waals surface area (Å²) in [5.74, 6) is -0.724. The molecule has 0 atom stereocenters. The Kier molecular flexibility index (Phi) is 5.93. The van der Waals surface area contributed by atoms with E-state index in [1.165, 1.54) is 31.2 Å². The van der Waals surface area contributed by atoms with Crippen molar-refractivity contribution in [2.24, 2.45) is 0 Å². The highest BCUT2D eigenvalue weighted by Crippen LogP contribution is 2.25. The molecule has 0 fully saturated rings. The van der Waals surface area contributed by atoms with Gasteiger partial charge < -0.3 is 9.64 Å². The van der Waals surface area contributed by atoms with Gasteiger partial charge in [-0.05, 0) is 48.9 Å². The van der Waals surface area contributed by atoms with Crippen LogP contribution in [0.1, 0.15) is 21.5 Å². The number of nitriles is 1. The molecule has 3 heterocycles. The zero-order valence-electron chi connectivity index (χ0n) is 18.5. The van der Waals surface area contributed by atoms with Crippen molar-refractivity contribution in [2.75, 3.05) is 24.4 Å². The molecule has 4 rings (SSSR count). The molecule has 0 aliphatic carbocycles. The van der Waals surface area contributed by atoms with Gasteiger partial charge in [-0.15, -0.1) is 0 Å². The Morgan fingerprint density at radius 2 is 1.97 bits per heavy atom. The SMILES string of the molecule is COC(=O)Nc1ccc(-c2cnc3c(C)cc(C(=O)N(C)c4ccc(C#N)c(F)c4)cn23)cn1. The number of benzene rings is 1. The normalized spacial score (nSPS) is 10.6. The predicted octanol–water partition coefficient (Wildman–Crippen LogP) is 4.17. The highest BCUT2D eigenvalue weighted by molar-refractivity contribution is 6.06. The molecule has 34 heavy (non-hydrogen) atoms. The number of carbonyl (C=O) groups excluding carboxylic acids is 2. The molecule has 1 aromatic carbocycles. The summed E-state index contributed by atoms with van der Waals surface area (Å²) in [5, 5.41) is 11.4. The lowest BCUT2D eigenvalue weighted by Crippen LogP contribution is -2.26. The third-order valence-electron chi connectivity index (χ3n) is 5.28. The Labute approximate surface area is 194 Å². The Balaban J connectivity index is 1.69. The van der Waals surface area contributed by atoms with E-state index in [0.29, 0.717) is 28.4 Å². The lowest BCUT2D eigenvalue weighted by atomic mass is 10.1. The number of hydrogen-bond acceptors (Lipinski definition) is 6. The Morgan fingerprint density at radius 1 is 1.18 bits per heavy atom. The van der Waals surface area contributed by atoms with Gasteiger partial charge in [-0.3, -0.25) is 14.5 Å². The lowest BCUT2D eigenvalue weighted by Gasteiger charge is -2.18. The molecule has 0 saturated heterocycles. The smallest absolute Gasteiger partial charge is 0.412 e. The van der Waals surface area contributed by atoms with Crippen LogP contribution >= 0.6 is 0 Å². The molecule has 0 unspecified atom stereocenters. The van der Waals surface area contributed by atoms with E-state index >= 15 is 0 Å². The molecule has 9 nitrogen and oxygen atoms in total. The van der Waals surface area contributed by atoms with Crippen molar-refractivity contribution >= 4 is 29.2 Å². The molecule has 0 aliphatic heterocycles. The van der Waals surface area contributed by atoms with Gasteiger partial charge in [-0.25, -0.2) is 19.2 Å². The third kappa shape index (κ3) is 4.14. The molecule has 0 radical (unpaired) electrons. The van der Waals surface area contributed by atoms with E-state index < -0.39 is 11.9 Å². The minimum Gasteiger partial charge on any atom is -0.453 e. The second-order valence-corrected chi connectivity index (χ2v) is 7.44. The minimum atomic E-state index is -0.694. The Bertz CT molecular complexity index is 1460. The molecule has 2 amide bonds. The van der Waals surface area contributed by atoms with Crippen molar-refractivity contribution in [3.63, 3.8) is 0 Å². The highest BCUT2D eigenvalue weighted by Gasteiger charge is 2.18. The van der Waals surface area contributed by atoms with Crippen molar-refractivity contribution in [1.82, 2.24) is 14.4 Å². The number of nitrogens with one attached hydrogen (secondary N) is 1. The van der Waals surface area contributed by atoms with Crippen LogP contribution in [0.25, 0.3) is 16.9 Å². The van der Waals surface area contributed by atoms with E-state index in [0.717, 1.165) is 17.2 Å². The van der Waals surface area contributed by atoms with Gasteiger partial charge in [-0.2, -0.15) is 5.26 Å². The molecule has 3 aromatic heterocycles. The first-order valence-electron chi connectivity index (χ1n) is 10.1. The quantitative estimate of drug-likeness (QED) is 0.491. The lowest BCUT2D eigenvalue weighted by molar-refractivity contribution is 0.0992. The third-order valence-corrected chi connectivity index (χ3v) is 5.28. The number of hydrogen-bond donors (Lipinski definition) is 1. The summed E-state index contributed by atoms with van der Waals surface area (Å²) >= 11 is 0. The number of aryl methyl sites for hydroxylation is 1. The first-order valence-corrected chi connectivity index (χ1v) is 10.1. The minimum absolute atomic E-state index is 0.0914. The summed E-state index contributed by atoms with van der Waals surface area (Å²) in [4.78, 5) is 34.5. The van der Waals surface area contributed by atoms with E-state index in [1.807, 2.05) is 6.92 Å². The summed E-state index contributed by atoms with van der Waals surface area (Å²) in [6.07, 6.45) is 4.27. The molecule has 4 aromatic rings. The molecule has 1 N–H and O–H groups in total. The van der Waals surface area contributed by atoms with Crippen molar-refractivity contribution in [2.45, 2.75) is 6.92 Å². The number of anilines is 2. The van der Waals surface area contributed by atoms with Crippen LogP contribution in [0.5, 0.6) is 0 Å². The van der Waals surface area contributed by atoms with Crippen molar-refractivity contribution < 1.29 is 18.7 Å². The van der Waals surface area contributed by atoms with Gasteiger partial charge in [0, 0.05) is 30.7 Å². The van der Waals surface area contributed by atoms with E-state index in [-0.39, 0.29) is 11.5 Å². The van der Waals surface area contributed by atoms with Gasteiger partial charge in [0.15, 0.2) is 0 Å². The predicted molar refractivity (Wildman–Crippen MR) is 123 cm³/mol. The fourth-order valence-electron chi connectivity index (χ4n) is 3.48. The second-order valence-electron chi connectivity index (χ2n) is 7.44. The number of carbonyl (C=O) groups is 2. The second kappa shape index (κ2) is 8.99. The van der Waals surface area contributed by atoms with Crippen LogP contribution in [0.4, 0.5) is 20.7 Å². The first kappa shape index (κ1) is 22.4. The maximum Gasteiger partial charge on any atom is 0.412 e. The van der Waals surface area contributed by atoms with Gasteiger partial charge >= 0.3 is 6.09 Å². The number of ether oxygens (including phenoxy) is 1. The first-order chi connectivity index (χ1) is 16.3. The van der Waals surface area contributed by atoms with Crippen LogP contribution < -0.4 is 10.2 Å². The maximum absolute atomic E-state index is 14.1. The summed E-state index contributed by atoms with van der Waals surface area (Å²) < 4.78 is 20.4. The van der Waals surface area contributed by atoms with E-state index in [1.54, 1.807) is 47.3 Å². The fraction of sp³-hybridized carbons (Fsp3) is 0.125. The maximum atomic E-state index is 14.1. The number of aromatic nitrogens is 3. The number of imidazole rings is 1. The fourth-order valence-corrected chi connectivity index (χ4v) is 3.48. The zero-order chi connectivity index (χ0) is 24.4. The van der Waals surface area contributed by atoms with E-state index in [9.17, 15) is 14.0 Å². The number of pyridine rings is 2. The molecule has 0 spiro atoms. The van der Waals surface area contributed by atoms with Crippen LogP contribution in [0.2, 0.25) is 0 Å². The summed E-state index contributed by atoms with van der Waals surface area (Å²) in [5.41, 5.74) is 3.44. The number of halogens is 1.